The van der Waals surface area contributed by atoms with E-state index in [4.69, 9.17) is 5.73 Å². The maximum atomic E-state index is 13.0. The predicted octanol–water partition coefficient (Wildman–Crippen LogP) is -1.14. The predicted molar refractivity (Wildman–Crippen MR) is 115 cm³/mol. The summed E-state index contributed by atoms with van der Waals surface area (Å²) in [5, 5.41) is 35.5. The first kappa shape index (κ1) is 26.9. The lowest BCUT2D eigenvalue weighted by Gasteiger charge is -2.27. The number of benzene rings is 1. The first-order valence-corrected chi connectivity index (χ1v) is 10.2. The average Bonchev–Trinajstić information content (AvgIpc) is 2.69. The molecule has 1 aromatic carbocycles. The number of nitrogens with one attached hydrogen (secondary N) is 3. The fraction of sp³-hybridized carbons (Fsp3) is 0.524. The zero-order chi connectivity index (χ0) is 24.6. The lowest BCUT2D eigenvalue weighted by atomic mass is 10.00. The van der Waals surface area contributed by atoms with Crippen LogP contribution < -0.4 is 21.7 Å². The fourth-order valence-electron chi connectivity index (χ4n) is 2.80. The lowest BCUT2D eigenvalue weighted by molar-refractivity contribution is -0.145. The van der Waals surface area contributed by atoms with E-state index in [1.165, 1.54) is 26.0 Å². The van der Waals surface area contributed by atoms with Gasteiger partial charge in [0.1, 0.15) is 17.8 Å². The Morgan fingerprint density at radius 2 is 1.41 bits per heavy atom. The molecule has 0 heterocycles. The quantitative estimate of drug-likeness (QED) is 0.219. The summed E-state index contributed by atoms with van der Waals surface area (Å²) < 4.78 is 0. The van der Waals surface area contributed by atoms with Crippen LogP contribution >= 0.6 is 0 Å². The summed E-state index contributed by atoms with van der Waals surface area (Å²) in [6, 6.07) is 1.40. The number of aliphatic hydroxyl groups is 1. The van der Waals surface area contributed by atoms with E-state index in [9.17, 15) is 34.5 Å². The molecule has 0 saturated heterocycles. The molecule has 0 bridgehead atoms. The van der Waals surface area contributed by atoms with E-state index < -0.39 is 59.9 Å². The number of aliphatic hydroxyl groups excluding tert-OH is 1. The van der Waals surface area contributed by atoms with Crippen molar-refractivity contribution in [3.8, 4) is 5.75 Å². The number of carboxylic acid groups (broad SMARTS) is 1. The Balaban J connectivity index is 3.06. The van der Waals surface area contributed by atoms with Gasteiger partial charge < -0.3 is 37.0 Å². The smallest absolute Gasteiger partial charge is 0.328 e. The highest BCUT2D eigenvalue weighted by Gasteiger charge is 2.33. The number of aromatic hydroxyl groups is 1. The van der Waals surface area contributed by atoms with Crippen LogP contribution in [0.1, 0.15) is 33.3 Å². The van der Waals surface area contributed by atoms with Gasteiger partial charge in [0, 0.05) is 6.42 Å². The summed E-state index contributed by atoms with van der Waals surface area (Å²) in [5.41, 5.74) is 6.22. The standard InChI is InChI=1S/C21H32N4O7/c1-10(2)16(20(30)25-17(12(4)26)21(31)32)24-19(29)15(23-18(28)11(3)22)9-13-5-7-14(27)8-6-13/h5-8,10-12,15-17,26-27H,9,22H2,1-4H3,(H,23,28)(H,24,29)(H,25,30)(H,31,32). The van der Waals surface area contributed by atoms with Crippen LogP contribution in [0.25, 0.3) is 0 Å². The van der Waals surface area contributed by atoms with Crippen molar-refractivity contribution >= 4 is 23.7 Å². The van der Waals surface area contributed by atoms with Crippen molar-refractivity contribution in [1.29, 1.82) is 0 Å². The number of hydrogen-bond acceptors (Lipinski definition) is 7. The van der Waals surface area contributed by atoms with E-state index in [0.717, 1.165) is 0 Å². The molecule has 0 fully saturated rings. The van der Waals surface area contributed by atoms with Crippen LogP contribution in [0.15, 0.2) is 24.3 Å². The maximum absolute atomic E-state index is 13.0. The number of rotatable bonds is 11. The second-order valence-corrected chi connectivity index (χ2v) is 8.02. The van der Waals surface area contributed by atoms with E-state index in [1.54, 1.807) is 26.0 Å². The summed E-state index contributed by atoms with van der Waals surface area (Å²) in [7, 11) is 0. The van der Waals surface area contributed by atoms with Crippen molar-refractivity contribution in [3.63, 3.8) is 0 Å². The normalized spacial score (nSPS) is 15.7. The number of phenols is 1. The Morgan fingerprint density at radius 1 is 0.875 bits per heavy atom. The molecule has 11 nitrogen and oxygen atoms in total. The van der Waals surface area contributed by atoms with Crippen LogP contribution in [0.4, 0.5) is 0 Å². The minimum atomic E-state index is -1.55. The third-order valence-corrected chi connectivity index (χ3v) is 4.72. The number of hydrogen-bond donors (Lipinski definition) is 7. The molecule has 0 saturated carbocycles. The molecule has 3 amide bonds. The first-order chi connectivity index (χ1) is 14.8. The highest BCUT2D eigenvalue weighted by atomic mass is 16.4. The van der Waals surface area contributed by atoms with Gasteiger partial charge in [-0.15, -0.1) is 0 Å². The molecule has 0 aromatic heterocycles. The van der Waals surface area contributed by atoms with Crippen molar-refractivity contribution in [1.82, 2.24) is 16.0 Å². The first-order valence-electron chi connectivity index (χ1n) is 10.2. The van der Waals surface area contributed by atoms with Crippen molar-refractivity contribution in [2.75, 3.05) is 0 Å². The van der Waals surface area contributed by atoms with Crippen molar-refractivity contribution in [3.05, 3.63) is 29.8 Å². The topological polar surface area (TPSA) is 191 Å². The third kappa shape index (κ3) is 8.16. The van der Waals surface area contributed by atoms with Gasteiger partial charge in [0.05, 0.1) is 12.1 Å². The second kappa shape index (κ2) is 12.0. The fourth-order valence-corrected chi connectivity index (χ4v) is 2.80. The molecular formula is C21H32N4O7. The molecule has 0 aliphatic heterocycles. The highest BCUT2D eigenvalue weighted by molar-refractivity contribution is 5.94. The number of carbonyl (C=O) groups excluding carboxylic acids is 3. The van der Waals surface area contributed by atoms with E-state index in [1.807, 2.05) is 0 Å². The van der Waals surface area contributed by atoms with Gasteiger partial charge in [0.15, 0.2) is 6.04 Å². The summed E-state index contributed by atoms with van der Waals surface area (Å²) in [4.78, 5) is 49.0. The Kier molecular flexibility index (Phi) is 10.1. The van der Waals surface area contributed by atoms with E-state index in [2.05, 4.69) is 16.0 Å². The SMILES string of the molecule is CC(N)C(=O)NC(Cc1ccc(O)cc1)C(=O)NC(C(=O)NC(C(=O)O)C(C)O)C(C)C. The molecule has 5 unspecified atom stereocenters. The zero-order valence-corrected chi connectivity index (χ0v) is 18.5. The third-order valence-electron chi connectivity index (χ3n) is 4.72. The molecule has 8 N–H and O–H groups in total. The van der Waals surface area contributed by atoms with Crippen LogP contribution in [-0.2, 0) is 25.6 Å². The van der Waals surface area contributed by atoms with Crippen LogP contribution in [0.2, 0.25) is 0 Å². The number of carboxylic acids is 1. The van der Waals surface area contributed by atoms with Gasteiger partial charge in [-0.25, -0.2) is 4.79 Å². The Morgan fingerprint density at radius 3 is 1.84 bits per heavy atom. The van der Waals surface area contributed by atoms with E-state index >= 15 is 0 Å². The van der Waals surface area contributed by atoms with Gasteiger partial charge in [-0.05, 0) is 37.5 Å². The van der Waals surface area contributed by atoms with Crippen LogP contribution in [-0.4, -0.2) is 69.3 Å². The summed E-state index contributed by atoms with van der Waals surface area (Å²) in [6.07, 6.45) is -1.30. The molecule has 11 heteroatoms. The number of carbonyl (C=O) groups is 4. The van der Waals surface area contributed by atoms with Gasteiger partial charge in [-0.3, -0.25) is 14.4 Å². The van der Waals surface area contributed by atoms with Gasteiger partial charge >= 0.3 is 5.97 Å². The number of aliphatic carboxylic acids is 1. The van der Waals surface area contributed by atoms with E-state index in [-0.39, 0.29) is 12.2 Å². The molecule has 0 aliphatic carbocycles. The van der Waals surface area contributed by atoms with Gasteiger partial charge in [0.2, 0.25) is 17.7 Å². The molecule has 0 aliphatic rings. The lowest BCUT2D eigenvalue weighted by Crippen LogP contribution is -2.59. The number of phenolic OH excluding ortho intramolecular Hbond substituents is 1. The second-order valence-electron chi connectivity index (χ2n) is 8.02. The minimum absolute atomic E-state index is 0.0389. The Labute approximate surface area is 186 Å². The molecule has 5 atom stereocenters. The van der Waals surface area contributed by atoms with Crippen LogP contribution in [0.3, 0.4) is 0 Å². The molecular weight excluding hydrogens is 420 g/mol. The largest absolute Gasteiger partial charge is 0.508 e. The summed E-state index contributed by atoms with van der Waals surface area (Å²) >= 11 is 0. The van der Waals surface area contributed by atoms with Crippen LogP contribution in [0, 0.1) is 5.92 Å². The maximum Gasteiger partial charge on any atom is 0.328 e. The molecule has 0 radical (unpaired) electrons. The molecule has 32 heavy (non-hydrogen) atoms. The molecule has 178 valence electrons. The van der Waals surface area contributed by atoms with Crippen molar-refractivity contribution < 1.29 is 34.5 Å². The monoisotopic (exact) mass is 452 g/mol. The van der Waals surface area contributed by atoms with Gasteiger partial charge in [0.25, 0.3) is 0 Å². The van der Waals surface area contributed by atoms with Crippen molar-refractivity contribution in [2.45, 2.75) is 64.4 Å². The molecule has 1 rings (SSSR count). The Bertz CT molecular complexity index is 809. The average molecular weight is 453 g/mol. The minimum Gasteiger partial charge on any atom is -0.508 e. The van der Waals surface area contributed by atoms with Gasteiger partial charge in [-0.1, -0.05) is 26.0 Å². The highest BCUT2D eigenvalue weighted by Crippen LogP contribution is 2.12. The van der Waals surface area contributed by atoms with E-state index in [0.29, 0.717) is 5.56 Å². The molecule has 1 aromatic rings. The number of nitrogens with two attached hydrogens (primary N) is 1. The van der Waals surface area contributed by atoms with Crippen LogP contribution in [0.5, 0.6) is 5.75 Å². The summed E-state index contributed by atoms with van der Waals surface area (Å²) in [6.45, 7) is 5.98. The Hall–Kier alpha value is -3.18. The molecule has 0 spiro atoms. The summed E-state index contributed by atoms with van der Waals surface area (Å²) in [5.74, 6) is -3.85. The zero-order valence-electron chi connectivity index (χ0n) is 18.5. The van der Waals surface area contributed by atoms with Gasteiger partial charge in [-0.2, -0.15) is 0 Å². The van der Waals surface area contributed by atoms with Crippen molar-refractivity contribution in [2.24, 2.45) is 11.7 Å². The number of amides is 3.